The number of phenolic OH excluding ortho intramolecular Hbond substituents is 2. The third kappa shape index (κ3) is 3.52. The van der Waals surface area contributed by atoms with E-state index in [9.17, 15) is 19.4 Å². The summed E-state index contributed by atoms with van der Waals surface area (Å²) < 4.78 is 13.1. The Bertz CT molecular complexity index is 895. The van der Waals surface area contributed by atoms with E-state index in [0.717, 1.165) is 0 Å². The van der Waals surface area contributed by atoms with Crippen molar-refractivity contribution in [2.75, 3.05) is 0 Å². The second-order valence-electron chi connectivity index (χ2n) is 5.02. The summed E-state index contributed by atoms with van der Waals surface area (Å²) in [6.07, 6.45) is 0. The first kappa shape index (κ1) is 15.9. The van der Waals surface area contributed by atoms with Crippen LogP contribution in [0.15, 0.2) is 47.8 Å². The number of nitrogens with one attached hydrogen (secondary N) is 1. The van der Waals surface area contributed by atoms with Gasteiger partial charge in [-0.2, -0.15) is 0 Å². The quantitative estimate of drug-likeness (QED) is 0.634. The van der Waals surface area contributed by atoms with Crippen LogP contribution in [0.25, 0.3) is 11.3 Å². The second-order valence-corrected chi connectivity index (χ2v) is 5.97. The average molecular weight is 344 g/mol. The molecule has 0 unspecified atom stereocenters. The highest BCUT2D eigenvalue weighted by Crippen LogP contribution is 2.30. The number of rotatable bonds is 4. The summed E-state index contributed by atoms with van der Waals surface area (Å²) >= 11 is 1.35. The molecule has 1 aromatic heterocycles. The maximum absolute atomic E-state index is 13.1. The molecule has 24 heavy (non-hydrogen) atoms. The molecule has 3 aromatic rings. The molecule has 1 amide bonds. The van der Waals surface area contributed by atoms with Crippen molar-refractivity contribution in [3.8, 4) is 22.8 Å². The predicted octanol–water partition coefficient (Wildman–Crippen LogP) is 3.29. The van der Waals surface area contributed by atoms with Crippen LogP contribution in [-0.4, -0.2) is 21.1 Å². The average Bonchev–Trinajstić information content (AvgIpc) is 3.04. The number of halogens is 1. The van der Waals surface area contributed by atoms with Gasteiger partial charge in [0.1, 0.15) is 10.8 Å². The van der Waals surface area contributed by atoms with E-state index in [2.05, 4.69) is 10.3 Å². The van der Waals surface area contributed by atoms with Gasteiger partial charge in [-0.25, -0.2) is 9.37 Å². The van der Waals surface area contributed by atoms with Gasteiger partial charge in [0, 0.05) is 16.5 Å². The normalized spacial score (nSPS) is 10.5. The highest BCUT2D eigenvalue weighted by atomic mass is 32.1. The lowest BCUT2D eigenvalue weighted by Crippen LogP contribution is -2.22. The van der Waals surface area contributed by atoms with Crippen LogP contribution >= 0.6 is 11.3 Å². The van der Waals surface area contributed by atoms with Gasteiger partial charge in [0.2, 0.25) is 0 Å². The summed E-state index contributed by atoms with van der Waals surface area (Å²) in [5, 5.41) is 24.0. The maximum atomic E-state index is 13.1. The first-order valence-corrected chi connectivity index (χ1v) is 7.91. The molecule has 5 nitrogen and oxygen atoms in total. The van der Waals surface area contributed by atoms with E-state index in [4.69, 9.17) is 0 Å². The Morgan fingerprint density at radius 2 is 2.00 bits per heavy atom. The van der Waals surface area contributed by atoms with Crippen molar-refractivity contribution < 1.29 is 19.4 Å². The minimum Gasteiger partial charge on any atom is -0.504 e. The third-order valence-electron chi connectivity index (χ3n) is 3.31. The fourth-order valence-electron chi connectivity index (χ4n) is 2.10. The Labute approximate surface area is 141 Å². The molecule has 0 saturated carbocycles. The topological polar surface area (TPSA) is 82.5 Å². The van der Waals surface area contributed by atoms with E-state index < -0.39 is 5.82 Å². The smallest absolute Gasteiger partial charge is 0.251 e. The molecule has 0 bridgehead atoms. The van der Waals surface area contributed by atoms with E-state index in [-0.39, 0.29) is 29.5 Å². The van der Waals surface area contributed by atoms with Crippen molar-refractivity contribution in [1.29, 1.82) is 0 Å². The summed E-state index contributed by atoms with van der Waals surface area (Å²) in [5.41, 5.74) is 1.53. The van der Waals surface area contributed by atoms with Crippen LogP contribution in [0.3, 0.4) is 0 Å². The number of thiazole rings is 1. The largest absolute Gasteiger partial charge is 0.504 e. The van der Waals surface area contributed by atoms with Crippen molar-refractivity contribution in [3.63, 3.8) is 0 Å². The first-order valence-electron chi connectivity index (χ1n) is 7.03. The second kappa shape index (κ2) is 6.67. The highest BCUT2D eigenvalue weighted by Gasteiger charge is 2.10. The molecule has 0 fully saturated rings. The zero-order valence-corrected chi connectivity index (χ0v) is 13.2. The number of aromatic hydroxyl groups is 2. The number of phenols is 2. The summed E-state index contributed by atoms with van der Waals surface area (Å²) in [7, 11) is 0. The van der Waals surface area contributed by atoms with E-state index in [1.165, 1.54) is 47.7 Å². The van der Waals surface area contributed by atoms with Gasteiger partial charge in [-0.05, 0) is 36.4 Å². The van der Waals surface area contributed by atoms with Gasteiger partial charge in [-0.15, -0.1) is 11.3 Å². The molecular formula is C17H13FN2O3S. The molecule has 0 spiro atoms. The molecule has 2 aromatic carbocycles. The van der Waals surface area contributed by atoms with Crippen molar-refractivity contribution in [2.24, 2.45) is 0 Å². The fraction of sp³-hybridized carbons (Fsp3) is 0.0588. The van der Waals surface area contributed by atoms with Gasteiger partial charge in [-0.1, -0.05) is 6.07 Å². The van der Waals surface area contributed by atoms with E-state index >= 15 is 0 Å². The summed E-state index contributed by atoms with van der Waals surface area (Å²) in [6.45, 7) is 0.212. The van der Waals surface area contributed by atoms with Crippen molar-refractivity contribution in [2.45, 2.75) is 6.54 Å². The standard InChI is InChI=1S/C17H13FN2O3S/c18-12-3-1-2-11(6-12)17(23)19-8-16-20-13(9-24-16)10-4-5-14(21)15(22)7-10/h1-7,9,21-22H,8H2,(H,19,23). The van der Waals surface area contributed by atoms with Crippen molar-refractivity contribution >= 4 is 17.2 Å². The Morgan fingerprint density at radius 1 is 1.17 bits per heavy atom. The van der Waals surface area contributed by atoms with Crippen LogP contribution in [0.5, 0.6) is 11.5 Å². The molecule has 0 aliphatic heterocycles. The SMILES string of the molecule is O=C(NCc1nc(-c2ccc(O)c(O)c2)cs1)c1cccc(F)c1. The summed E-state index contributed by atoms with van der Waals surface area (Å²) in [4.78, 5) is 16.3. The number of hydrogen-bond donors (Lipinski definition) is 3. The van der Waals surface area contributed by atoms with Gasteiger partial charge < -0.3 is 15.5 Å². The van der Waals surface area contributed by atoms with Gasteiger partial charge in [0.05, 0.1) is 12.2 Å². The van der Waals surface area contributed by atoms with E-state index in [0.29, 0.717) is 16.3 Å². The number of carbonyl (C=O) groups is 1. The lowest BCUT2D eigenvalue weighted by atomic mass is 10.1. The predicted molar refractivity (Wildman–Crippen MR) is 88.4 cm³/mol. The van der Waals surface area contributed by atoms with Gasteiger partial charge in [0.15, 0.2) is 11.5 Å². The zero-order chi connectivity index (χ0) is 17.1. The fourth-order valence-corrected chi connectivity index (χ4v) is 2.84. The minimum atomic E-state index is -0.466. The van der Waals surface area contributed by atoms with E-state index in [1.54, 1.807) is 11.4 Å². The lowest BCUT2D eigenvalue weighted by molar-refractivity contribution is 0.0950. The zero-order valence-electron chi connectivity index (χ0n) is 12.4. The Hall–Kier alpha value is -2.93. The monoisotopic (exact) mass is 344 g/mol. The molecule has 0 atom stereocenters. The van der Waals surface area contributed by atoms with Gasteiger partial charge in [-0.3, -0.25) is 4.79 Å². The first-order chi connectivity index (χ1) is 11.5. The molecule has 0 saturated heterocycles. The summed E-state index contributed by atoms with van der Waals surface area (Å²) in [6, 6.07) is 9.89. The third-order valence-corrected chi connectivity index (χ3v) is 4.16. The lowest BCUT2D eigenvalue weighted by Gasteiger charge is -2.03. The molecule has 3 rings (SSSR count). The minimum absolute atomic E-state index is 0.198. The number of nitrogens with zero attached hydrogens (tertiary/aromatic N) is 1. The number of carbonyl (C=O) groups excluding carboxylic acids is 1. The van der Waals surface area contributed by atoms with Crippen LogP contribution < -0.4 is 5.32 Å². The molecular weight excluding hydrogens is 331 g/mol. The van der Waals surface area contributed by atoms with Crippen LogP contribution in [-0.2, 0) is 6.54 Å². The molecule has 3 N–H and O–H groups in total. The van der Waals surface area contributed by atoms with Crippen LogP contribution in [0.1, 0.15) is 15.4 Å². The van der Waals surface area contributed by atoms with Crippen molar-refractivity contribution in [3.05, 3.63) is 64.2 Å². The molecule has 0 aliphatic carbocycles. The van der Waals surface area contributed by atoms with E-state index in [1.807, 2.05) is 0 Å². The maximum Gasteiger partial charge on any atom is 0.251 e. The Balaban J connectivity index is 1.68. The number of hydrogen-bond acceptors (Lipinski definition) is 5. The van der Waals surface area contributed by atoms with Crippen LogP contribution in [0, 0.1) is 5.82 Å². The molecule has 0 aliphatic rings. The Kier molecular flexibility index (Phi) is 4.43. The number of amides is 1. The summed E-state index contributed by atoms with van der Waals surface area (Å²) in [5.74, 6) is -1.27. The van der Waals surface area contributed by atoms with Gasteiger partial charge in [0.25, 0.3) is 5.91 Å². The molecule has 0 radical (unpaired) electrons. The van der Waals surface area contributed by atoms with Crippen LogP contribution in [0.4, 0.5) is 4.39 Å². The molecule has 122 valence electrons. The van der Waals surface area contributed by atoms with Gasteiger partial charge >= 0.3 is 0 Å². The molecule has 1 heterocycles. The number of aromatic nitrogens is 1. The Morgan fingerprint density at radius 3 is 2.75 bits per heavy atom. The van der Waals surface area contributed by atoms with Crippen LogP contribution in [0.2, 0.25) is 0 Å². The highest BCUT2D eigenvalue weighted by molar-refractivity contribution is 7.09. The van der Waals surface area contributed by atoms with Crippen molar-refractivity contribution in [1.82, 2.24) is 10.3 Å². The number of benzene rings is 2. The molecule has 7 heteroatoms.